The standard InChI is InChI=1S/C17H19ClO2/c18-10-11-20-17-8-6-14(7-9-17)12-16(13-19)15-4-2-1-3-5-15/h1-9,16,19H,10-13H2/t16-/m1/s1. The Balaban J connectivity index is 2.01. The lowest BCUT2D eigenvalue weighted by molar-refractivity contribution is 0.264. The maximum Gasteiger partial charge on any atom is 0.119 e. The Morgan fingerprint density at radius 3 is 2.30 bits per heavy atom. The minimum atomic E-state index is 0.130. The fraction of sp³-hybridized carbons (Fsp3) is 0.294. The number of rotatable bonds is 7. The topological polar surface area (TPSA) is 29.5 Å². The van der Waals surface area contributed by atoms with Gasteiger partial charge in [-0.25, -0.2) is 0 Å². The van der Waals surface area contributed by atoms with E-state index in [0.29, 0.717) is 12.5 Å². The van der Waals surface area contributed by atoms with Crippen LogP contribution >= 0.6 is 11.6 Å². The first-order chi connectivity index (χ1) is 9.83. The smallest absolute Gasteiger partial charge is 0.119 e. The van der Waals surface area contributed by atoms with Crippen LogP contribution in [-0.2, 0) is 6.42 Å². The number of ether oxygens (including phenoxy) is 1. The Hall–Kier alpha value is -1.51. The second-order valence-electron chi connectivity index (χ2n) is 4.68. The van der Waals surface area contributed by atoms with E-state index in [9.17, 15) is 5.11 Å². The van der Waals surface area contributed by atoms with Gasteiger partial charge in [0, 0.05) is 5.92 Å². The first kappa shape index (κ1) is 14.9. The molecule has 0 saturated carbocycles. The van der Waals surface area contributed by atoms with Crippen LogP contribution in [-0.4, -0.2) is 24.2 Å². The van der Waals surface area contributed by atoms with E-state index in [1.165, 1.54) is 5.56 Å². The molecule has 2 nitrogen and oxygen atoms in total. The fourth-order valence-electron chi connectivity index (χ4n) is 2.18. The Kier molecular flexibility index (Phi) is 5.90. The molecule has 1 atom stereocenters. The van der Waals surface area contributed by atoms with Crippen LogP contribution in [0.1, 0.15) is 17.0 Å². The molecule has 2 aromatic rings. The number of aliphatic hydroxyl groups excluding tert-OH is 1. The highest BCUT2D eigenvalue weighted by Gasteiger charge is 2.10. The van der Waals surface area contributed by atoms with E-state index < -0.39 is 0 Å². The van der Waals surface area contributed by atoms with Crippen molar-refractivity contribution in [3.05, 3.63) is 65.7 Å². The van der Waals surface area contributed by atoms with Crippen molar-refractivity contribution < 1.29 is 9.84 Å². The van der Waals surface area contributed by atoms with Crippen LogP contribution in [0.25, 0.3) is 0 Å². The summed E-state index contributed by atoms with van der Waals surface area (Å²) in [6, 6.07) is 18.1. The van der Waals surface area contributed by atoms with Crippen LogP contribution in [0.2, 0.25) is 0 Å². The van der Waals surface area contributed by atoms with E-state index >= 15 is 0 Å². The molecule has 20 heavy (non-hydrogen) atoms. The highest BCUT2D eigenvalue weighted by molar-refractivity contribution is 6.18. The minimum Gasteiger partial charge on any atom is -0.492 e. The summed E-state index contributed by atoms with van der Waals surface area (Å²) >= 11 is 5.59. The molecule has 0 unspecified atom stereocenters. The Morgan fingerprint density at radius 1 is 1.00 bits per heavy atom. The van der Waals surface area contributed by atoms with Crippen molar-refractivity contribution in [3.63, 3.8) is 0 Å². The highest BCUT2D eigenvalue weighted by atomic mass is 35.5. The van der Waals surface area contributed by atoms with E-state index in [0.717, 1.165) is 17.7 Å². The molecule has 3 heteroatoms. The van der Waals surface area contributed by atoms with Gasteiger partial charge in [0.15, 0.2) is 0 Å². The van der Waals surface area contributed by atoms with Gasteiger partial charge in [-0.05, 0) is 29.7 Å². The summed E-state index contributed by atoms with van der Waals surface area (Å²) < 4.78 is 5.44. The van der Waals surface area contributed by atoms with E-state index in [1.54, 1.807) is 0 Å². The lowest BCUT2D eigenvalue weighted by atomic mass is 9.93. The molecule has 0 aliphatic carbocycles. The largest absolute Gasteiger partial charge is 0.492 e. The molecule has 0 bridgehead atoms. The number of hydrogen-bond acceptors (Lipinski definition) is 2. The molecule has 0 fully saturated rings. The van der Waals surface area contributed by atoms with Crippen LogP contribution in [0.4, 0.5) is 0 Å². The van der Waals surface area contributed by atoms with E-state index in [2.05, 4.69) is 12.1 Å². The summed E-state index contributed by atoms with van der Waals surface area (Å²) in [5, 5.41) is 9.57. The van der Waals surface area contributed by atoms with Crippen LogP contribution in [0.5, 0.6) is 5.75 Å². The summed E-state index contributed by atoms with van der Waals surface area (Å²) in [6.07, 6.45) is 0.816. The van der Waals surface area contributed by atoms with Crippen LogP contribution in [0.15, 0.2) is 54.6 Å². The molecule has 106 valence electrons. The first-order valence-corrected chi connectivity index (χ1v) is 7.30. The lowest BCUT2D eigenvalue weighted by Crippen LogP contribution is -2.07. The van der Waals surface area contributed by atoms with Gasteiger partial charge in [-0.1, -0.05) is 42.5 Å². The lowest BCUT2D eigenvalue weighted by Gasteiger charge is -2.15. The quantitative estimate of drug-likeness (QED) is 0.789. The average molecular weight is 291 g/mol. The molecular weight excluding hydrogens is 272 g/mol. The van der Waals surface area contributed by atoms with E-state index in [4.69, 9.17) is 16.3 Å². The predicted molar refractivity (Wildman–Crippen MR) is 82.6 cm³/mol. The van der Waals surface area contributed by atoms with Gasteiger partial charge in [-0.2, -0.15) is 0 Å². The number of halogens is 1. The van der Waals surface area contributed by atoms with Gasteiger partial charge in [0.1, 0.15) is 12.4 Å². The van der Waals surface area contributed by atoms with E-state index in [-0.39, 0.29) is 12.5 Å². The average Bonchev–Trinajstić information content (AvgIpc) is 2.52. The van der Waals surface area contributed by atoms with E-state index in [1.807, 2.05) is 42.5 Å². The molecule has 0 spiro atoms. The number of benzene rings is 2. The van der Waals surface area contributed by atoms with Crippen molar-refractivity contribution in [1.82, 2.24) is 0 Å². The fourth-order valence-corrected chi connectivity index (χ4v) is 2.25. The van der Waals surface area contributed by atoms with Gasteiger partial charge in [0.25, 0.3) is 0 Å². The molecule has 0 aliphatic heterocycles. The molecule has 2 rings (SSSR count). The summed E-state index contributed by atoms with van der Waals surface area (Å²) in [5.41, 5.74) is 2.35. The van der Waals surface area contributed by atoms with Gasteiger partial charge in [0.2, 0.25) is 0 Å². The second kappa shape index (κ2) is 7.93. The third-order valence-electron chi connectivity index (χ3n) is 3.24. The van der Waals surface area contributed by atoms with Crippen molar-refractivity contribution in [1.29, 1.82) is 0 Å². The van der Waals surface area contributed by atoms with Crippen molar-refractivity contribution in [2.75, 3.05) is 19.1 Å². The third-order valence-corrected chi connectivity index (χ3v) is 3.40. The Bertz CT molecular complexity index is 496. The van der Waals surface area contributed by atoms with Crippen molar-refractivity contribution in [2.24, 2.45) is 0 Å². The molecule has 0 heterocycles. The summed E-state index contributed by atoms with van der Waals surface area (Å²) in [7, 11) is 0. The number of aliphatic hydroxyl groups is 1. The molecule has 0 radical (unpaired) electrons. The monoisotopic (exact) mass is 290 g/mol. The number of hydrogen-bond donors (Lipinski definition) is 1. The maximum atomic E-state index is 9.57. The zero-order valence-electron chi connectivity index (χ0n) is 11.3. The molecular formula is C17H19ClO2. The normalized spacial score (nSPS) is 12.1. The second-order valence-corrected chi connectivity index (χ2v) is 5.05. The zero-order chi connectivity index (χ0) is 14.2. The molecule has 0 saturated heterocycles. The van der Waals surface area contributed by atoms with Gasteiger partial charge >= 0.3 is 0 Å². The third kappa shape index (κ3) is 4.26. The van der Waals surface area contributed by atoms with Gasteiger partial charge in [0.05, 0.1) is 12.5 Å². The summed E-state index contributed by atoms with van der Waals surface area (Å²) in [6.45, 7) is 0.665. The van der Waals surface area contributed by atoms with Crippen LogP contribution in [0, 0.1) is 0 Å². The first-order valence-electron chi connectivity index (χ1n) is 6.77. The maximum absolute atomic E-state index is 9.57. The highest BCUT2D eigenvalue weighted by Crippen LogP contribution is 2.22. The van der Waals surface area contributed by atoms with Crippen LogP contribution in [0.3, 0.4) is 0 Å². The number of alkyl halides is 1. The van der Waals surface area contributed by atoms with Crippen molar-refractivity contribution in [3.8, 4) is 5.75 Å². The van der Waals surface area contributed by atoms with Crippen molar-refractivity contribution >= 4 is 11.6 Å². The Labute approximate surface area is 125 Å². The molecule has 0 amide bonds. The molecule has 2 aromatic carbocycles. The SMILES string of the molecule is OC[C@@H](Cc1ccc(OCCCl)cc1)c1ccccc1. The molecule has 0 aromatic heterocycles. The minimum absolute atomic E-state index is 0.130. The van der Waals surface area contributed by atoms with Crippen LogP contribution < -0.4 is 4.74 Å². The van der Waals surface area contributed by atoms with Crippen molar-refractivity contribution in [2.45, 2.75) is 12.3 Å². The van der Waals surface area contributed by atoms with Gasteiger partial charge < -0.3 is 9.84 Å². The predicted octanol–water partition coefficient (Wildman–Crippen LogP) is 3.62. The summed E-state index contributed by atoms with van der Waals surface area (Å²) in [4.78, 5) is 0. The molecule has 1 N–H and O–H groups in total. The molecule has 0 aliphatic rings. The zero-order valence-corrected chi connectivity index (χ0v) is 12.1. The van der Waals surface area contributed by atoms with Gasteiger partial charge in [-0.15, -0.1) is 11.6 Å². The van der Waals surface area contributed by atoms with Gasteiger partial charge in [-0.3, -0.25) is 0 Å². The summed E-state index contributed by atoms with van der Waals surface area (Å²) in [5.74, 6) is 1.45. The Morgan fingerprint density at radius 2 is 1.70 bits per heavy atom.